The predicted molar refractivity (Wildman–Crippen MR) is 123 cm³/mol. The summed E-state index contributed by atoms with van der Waals surface area (Å²) in [6.45, 7) is 7.36. The molecule has 2 aromatic carbocycles. The lowest BCUT2D eigenvalue weighted by Crippen LogP contribution is -2.48. The highest BCUT2D eigenvalue weighted by Crippen LogP contribution is 2.39. The smallest absolute Gasteiger partial charge is 0.304 e. The molecule has 1 N–H and O–H groups in total. The van der Waals surface area contributed by atoms with Crippen LogP contribution in [0.5, 0.6) is 5.75 Å². The Labute approximate surface area is 185 Å². The van der Waals surface area contributed by atoms with Crippen LogP contribution in [-0.4, -0.2) is 44.9 Å². The summed E-state index contributed by atoms with van der Waals surface area (Å²) in [5.41, 5.74) is 2.64. The second-order valence-electron chi connectivity index (χ2n) is 8.81. The van der Waals surface area contributed by atoms with Crippen molar-refractivity contribution in [3.8, 4) is 5.75 Å². The van der Waals surface area contributed by atoms with Gasteiger partial charge in [-0.15, -0.1) is 0 Å². The number of nitrogens with zero attached hydrogens (tertiary/aromatic N) is 2. The molecule has 1 aliphatic heterocycles. The van der Waals surface area contributed by atoms with Gasteiger partial charge in [0.15, 0.2) is 0 Å². The second-order valence-corrected chi connectivity index (χ2v) is 10.9. The van der Waals surface area contributed by atoms with Gasteiger partial charge in [0.1, 0.15) is 17.9 Å². The minimum absolute atomic E-state index is 0.269. The number of rotatable bonds is 6. The van der Waals surface area contributed by atoms with Crippen LogP contribution >= 0.6 is 0 Å². The van der Waals surface area contributed by atoms with Crippen molar-refractivity contribution in [2.75, 3.05) is 24.9 Å². The maximum Gasteiger partial charge on any atom is 0.304 e. The van der Waals surface area contributed by atoms with E-state index in [0.29, 0.717) is 12.1 Å². The summed E-state index contributed by atoms with van der Waals surface area (Å²) in [5.74, 6) is 0.361. The van der Waals surface area contributed by atoms with Crippen molar-refractivity contribution in [2.45, 2.75) is 45.8 Å². The van der Waals surface area contributed by atoms with E-state index in [1.54, 1.807) is 6.07 Å². The monoisotopic (exact) mass is 445 g/mol. The Balaban J connectivity index is 1.91. The Bertz CT molecular complexity index is 1080. The van der Waals surface area contributed by atoms with Crippen molar-refractivity contribution >= 4 is 21.8 Å². The van der Waals surface area contributed by atoms with Crippen LogP contribution in [0.3, 0.4) is 0 Å². The normalized spacial score (nSPS) is 17.6. The third-order valence-electron chi connectivity index (χ3n) is 5.37. The molecule has 0 radical (unpaired) electrons. The van der Waals surface area contributed by atoms with Gasteiger partial charge in [-0.1, -0.05) is 30.3 Å². The number of aryl methyl sites for hydroxylation is 2. The molecule has 1 aliphatic rings. The highest BCUT2D eigenvalue weighted by molar-refractivity contribution is 7.90. The Morgan fingerprint density at radius 3 is 2.52 bits per heavy atom. The van der Waals surface area contributed by atoms with E-state index < -0.39 is 15.8 Å². The van der Waals surface area contributed by atoms with Crippen molar-refractivity contribution in [3.63, 3.8) is 0 Å². The number of carbonyl (C=O) groups is 1. The summed E-state index contributed by atoms with van der Waals surface area (Å²) in [7, 11) is -0.948. The number of ether oxygens (including phenoxy) is 1. The van der Waals surface area contributed by atoms with Gasteiger partial charge in [-0.2, -0.15) is 12.7 Å². The highest BCUT2D eigenvalue weighted by atomic mass is 32.2. The number of hydrogen-bond donors (Lipinski definition) is 1. The van der Waals surface area contributed by atoms with Crippen molar-refractivity contribution in [2.24, 2.45) is 0 Å². The molecule has 31 heavy (non-hydrogen) atoms. The molecule has 0 aliphatic carbocycles. The van der Waals surface area contributed by atoms with Gasteiger partial charge in [0.25, 0.3) is 0 Å². The second kappa shape index (κ2) is 8.51. The molecule has 168 valence electrons. The van der Waals surface area contributed by atoms with Crippen LogP contribution in [0.25, 0.3) is 0 Å². The van der Waals surface area contributed by atoms with E-state index in [0.717, 1.165) is 26.7 Å². The van der Waals surface area contributed by atoms with E-state index in [4.69, 9.17) is 4.74 Å². The van der Waals surface area contributed by atoms with Gasteiger partial charge in [0.05, 0.1) is 11.7 Å². The zero-order chi connectivity index (χ0) is 23.0. The summed E-state index contributed by atoms with van der Waals surface area (Å²) in [6, 6.07) is 12.9. The van der Waals surface area contributed by atoms with Crippen molar-refractivity contribution in [3.05, 3.63) is 59.2 Å². The number of amides is 1. The highest BCUT2D eigenvalue weighted by Gasteiger charge is 2.35. The van der Waals surface area contributed by atoms with Crippen molar-refractivity contribution in [1.82, 2.24) is 9.62 Å². The van der Waals surface area contributed by atoms with Crippen LogP contribution < -0.4 is 14.4 Å². The van der Waals surface area contributed by atoms with Gasteiger partial charge >= 0.3 is 10.2 Å². The van der Waals surface area contributed by atoms with Gasteiger partial charge < -0.3 is 10.1 Å². The lowest BCUT2D eigenvalue weighted by molar-refractivity contribution is -0.120. The SMILES string of the molecule is Cc1ccc(C)c(N(CC(=O)N[C@H]2CC(C)(C)Oc3ccccc32)S(=O)(=O)N(C)C)c1. The van der Waals surface area contributed by atoms with Crippen LogP contribution in [0.1, 0.15) is 43.0 Å². The van der Waals surface area contributed by atoms with Gasteiger partial charge in [-0.3, -0.25) is 4.79 Å². The molecule has 0 spiro atoms. The standard InChI is InChI=1S/C23H31N3O4S/c1-16-11-12-17(2)20(13-16)26(31(28,29)25(5)6)15-22(27)24-19-14-23(3,4)30-21-10-8-7-9-18(19)21/h7-13,19H,14-15H2,1-6H3,(H,24,27)/t19-/m0/s1. The Morgan fingerprint density at radius 2 is 1.84 bits per heavy atom. The minimum Gasteiger partial charge on any atom is -0.487 e. The third kappa shape index (κ3) is 5.02. The van der Waals surface area contributed by atoms with Crippen LogP contribution in [0.15, 0.2) is 42.5 Å². The molecule has 0 saturated carbocycles. The maximum absolute atomic E-state index is 13.1. The zero-order valence-corrected chi connectivity index (χ0v) is 19.8. The summed E-state index contributed by atoms with van der Waals surface area (Å²) in [6.07, 6.45) is 0.583. The molecule has 0 bridgehead atoms. The number of carbonyl (C=O) groups excluding carboxylic acids is 1. The first-order valence-electron chi connectivity index (χ1n) is 10.3. The fourth-order valence-corrected chi connectivity index (χ4v) is 4.90. The molecule has 1 amide bonds. The van der Waals surface area contributed by atoms with Crippen LogP contribution in [0, 0.1) is 13.8 Å². The quantitative estimate of drug-likeness (QED) is 0.740. The number of anilines is 1. The van der Waals surface area contributed by atoms with E-state index in [1.165, 1.54) is 18.4 Å². The van der Waals surface area contributed by atoms with E-state index in [1.807, 2.05) is 64.1 Å². The number of benzene rings is 2. The topological polar surface area (TPSA) is 79.0 Å². The number of para-hydroxylation sites is 1. The van der Waals surface area contributed by atoms with Gasteiger partial charge in [0, 0.05) is 26.1 Å². The summed E-state index contributed by atoms with van der Waals surface area (Å²) < 4.78 is 34.5. The molecule has 0 fully saturated rings. The van der Waals surface area contributed by atoms with Gasteiger partial charge in [-0.05, 0) is 51.0 Å². The molecule has 0 aromatic heterocycles. The molecular weight excluding hydrogens is 414 g/mol. The number of nitrogens with one attached hydrogen (secondary N) is 1. The average molecular weight is 446 g/mol. The van der Waals surface area contributed by atoms with E-state index in [9.17, 15) is 13.2 Å². The molecule has 0 unspecified atom stereocenters. The van der Waals surface area contributed by atoms with Gasteiger partial charge in [0.2, 0.25) is 5.91 Å². The zero-order valence-electron chi connectivity index (χ0n) is 19.0. The lowest BCUT2D eigenvalue weighted by atomic mass is 9.89. The van der Waals surface area contributed by atoms with Crippen molar-refractivity contribution in [1.29, 1.82) is 0 Å². The minimum atomic E-state index is -3.87. The Kier molecular flexibility index (Phi) is 6.34. The average Bonchev–Trinajstić information content (AvgIpc) is 2.67. The molecule has 1 heterocycles. The summed E-state index contributed by atoms with van der Waals surface area (Å²) >= 11 is 0. The molecule has 0 saturated heterocycles. The van der Waals surface area contributed by atoms with Crippen LogP contribution in [0.2, 0.25) is 0 Å². The molecule has 7 nitrogen and oxygen atoms in total. The largest absolute Gasteiger partial charge is 0.487 e. The molecule has 3 rings (SSSR count). The third-order valence-corrected chi connectivity index (χ3v) is 7.18. The summed E-state index contributed by atoms with van der Waals surface area (Å²) in [5, 5.41) is 3.03. The number of hydrogen-bond acceptors (Lipinski definition) is 4. The van der Waals surface area contributed by atoms with E-state index >= 15 is 0 Å². The predicted octanol–water partition coefficient (Wildman–Crippen LogP) is 3.33. The fraction of sp³-hybridized carbons (Fsp3) is 0.435. The first-order chi connectivity index (χ1) is 14.4. The molecule has 8 heteroatoms. The number of fused-ring (bicyclic) bond motifs is 1. The molecule has 1 atom stereocenters. The fourth-order valence-electron chi connectivity index (χ4n) is 3.78. The molecular formula is C23H31N3O4S. The molecule has 2 aromatic rings. The Hall–Kier alpha value is -2.58. The van der Waals surface area contributed by atoms with Crippen LogP contribution in [0.4, 0.5) is 5.69 Å². The lowest BCUT2D eigenvalue weighted by Gasteiger charge is -2.38. The van der Waals surface area contributed by atoms with E-state index in [-0.39, 0.29) is 18.5 Å². The first-order valence-corrected chi connectivity index (χ1v) is 11.7. The van der Waals surface area contributed by atoms with Crippen molar-refractivity contribution < 1.29 is 17.9 Å². The van der Waals surface area contributed by atoms with E-state index in [2.05, 4.69) is 5.32 Å². The Morgan fingerprint density at radius 1 is 1.16 bits per heavy atom. The maximum atomic E-state index is 13.1. The first kappa shape index (κ1) is 23.1. The summed E-state index contributed by atoms with van der Waals surface area (Å²) in [4.78, 5) is 13.1. The van der Waals surface area contributed by atoms with Gasteiger partial charge in [-0.25, -0.2) is 4.31 Å². The van der Waals surface area contributed by atoms with Crippen LogP contribution in [-0.2, 0) is 15.0 Å².